The van der Waals surface area contributed by atoms with Gasteiger partial charge in [0.05, 0.1) is 18.4 Å². The highest BCUT2D eigenvalue weighted by Gasteiger charge is 2.16. The monoisotopic (exact) mass is 431 g/mol. The molecule has 1 N–H and O–H groups in total. The number of methoxy groups -OCH3 is 1. The molecule has 0 unspecified atom stereocenters. The van der Waals surface area contributed by atoms with Gasteiger partial charge in [-0.2, -0.15) is 0 Å². The van der Waals surface area contributed by atoms with Crippen LogP contribution >= 0.6 is 0 Å². The maximum atomic E-state index is 13.7. The number of nitrogens with zero attached hydrogens (tertiary/aromatic N) is 1. The molecule has 1 heterocycles. The first kappa shape index (κ1) is 22.3. The number of hydrogen-bond donors (Lipinski definition) is 1. The molecule has 8 heteroatoms. The highest BCUT2D eigenvalue weighted by atomic mass is 19.1. The minimum Gasteiger partial charge on any atom is -0.493 e. The van der Waals surface area contributed by atoms with E-state index in [-0.39, 0.29) is 24.5 Å². The number of hydrogen-bond acceptors (Lipinski definition) is 5. The van der Waals surface area contributed by atoms with E-state index in [1.165, 1.54) is 23.8 Å². The molecule has 0 aliphatic carbocycles. The predicted octanol–water partition coefficient (Wildman–Crippen LogP) is 3.85. The van der Waals surface area contributed by atoms with Crippen LogP contribution in [0.25, 0.3) is 5.69 Å². The molecule has 2 aromatic carbocycles. The Morgan fingerprint density at radius 2 is 1.71 bits per heavy atom. The van der Waals surface area contributed by atoms with E-state index < -0.39 is 17.2 Å². The Hall–Kier alpha value is -3.39. The van der Waals surface area contributed by atoms with Gasteiger partial charge in [0.15, 0.2) is 23.1 Å². The maximum Gasteiger partial charge on any atom is 0.255 e. The summed E-state index contributed by atoms with van der Waals surface area (Å²) >= 11 is 0. The number of benzene rings is 2. The minimum absolute atomic E-state index is 0.0499. The van der Waals surface area contributed by atoms with Gasteiger partial charge in [-0.1, -0.05) is 0 Å². The minimum atomic E-state index is -1.00. The van der Waals surface area contributed by atoms with Crippen molar-refractivity contribution < 1.29 is 28.1 Å². The number of ether oxygens (including phenoxy) is 3. The molecule has 1 aromatic heterocycles. The van der Waals surface area contributed by atoms with E-state index in [1.54, 1.807) is 44.3 Å². The fourth-order valence-corrected chi connectivity index (χ4v) is 2.76. The largest absolute Gasteiger partial charge is 0.493 e. The molecule has 0 radical (unpaired) electrons. The van der Waals surface area contributed by atoms with Crippen molar-refractivity contribution >= 4 is 0 Å². The number of aliphatic hydroxyl groups is 1. The van der Waals surface area contributed by atoms with Crippen LogP contribution in [0, 0.1) is 11.6 Å². The number of pyridine rings is 1. The lowest BCUT2D eigenvalue weighted by molar-refractivity contribution is 0.0276. The van der Waals surface area contributed by atoms with Crippen molar-refractivity contribution in [1.82, 2.24) is 4.57 Å². The molecule has 0 amide bonds. The van der Waals surface area contributed by atoms with E-state index in [0.29, 0.717) is 22.7 Å². The van der Waals surface area contributed by atoms with E-state index >= 15 is 0 Å². The summed E-state index contributed by atoms with van der Waals surface area (Å²) in [4.78, 5) is 12.6. The van der Waals surface area contributed by atoms with E-state index in [9.17, 15) is 18.7 Å². The van der Waals surface area contributed by atoms with Gasteiger partial charge in [0, 0.05) is 24.4 Å². The lowest BCUT2D eigenvalue weighted by Crippen LogP contribution is -2.28. The fraction of sp³-hybridized carbons (Fsp3) is 0.261. The highest BCUT2D eigenvalue weighted by molar-refractivity contribution is 5.49. The topological polar surface area (TPSA) is 69.9 Å². The van der Waals surface area contributed by atoms with Crippen LogP contribution in [0.15, 0.2) is 59.5 Å². The summed E-state index contributed by atoms with van der Waals surface area (Å²) in [5.41, 5.74) is -0.250. The molecule has 3 rings (SSSR count). The van der Waals surface area contributed by atoms with Crippen LogP contribution in [-0.2, 0) is 6.61 Å². The SMILES string of the molecule is COc1cc(-n2ccc(COc3ccc(F)cc3F)cc2=O)ccc1OCC(C)(C)O. The van der Waals surface area contributed by atoms with Crippen LogP contribution in [0.3, 0.4) is 0 Å². The standard InChI is InChI=1S/C23H23F2NO5/c1-23(2,28)14-31-20-7-5-17(12-21(20)29-3)26-9-8-15(10-22(26)27)13-30-19-6-4-16(24)11-18(19)25/h4-12,28H,13-14H2,1-3H3. The Morgan fingerprint density at radius 3 is 2.35 bits per heavy atom. The highest BCUT2D eigenvalue weighted by Crippen LogP contribution is 2.30. The van der Waals surface area contributed by atoms with Crippen LogP contribution in [0.5, 0.6) is 17.2 Å². The average Bonchev–Trinajstić information content (AvgIpc) is 2.71. The molecule has 3 aromatic rings. The van der Waals surface area contributed by atoms with Crippen molar-refractivity contribution in [2.75, 3.05) is 13.7 Å². The van der Waals surface area contributed by atoms with Gasteiger partial charge in [-0.3, -0.25) is 9.36 Å². The van der Waals surface area contributed by atoms with Crippen molar-refractivity contribution in [3.8, 4) is 22.9 Å². The molecule has 0 saturated carbocycles. The molecule has 0 saturated heterocycles. The third-order valence-electron chi connectivity index (χ3n) is 4.28. The van der Waals surface area contributed by atoms with Crippen molar-refractivity contribution in [3.63, 3.8) is 0 Å². The Balaban J connectivity index is 1.77. The number of rotatable bonds is 8. The molecular formula is C23H23F2NO5. The van der Waals surface area contributed by atoms with Crippen molar-refractivity contribution in [1.29, 1.82) is 0 Å². The fourth-order valence-electron chi connectivity index (χ4n) is 2.76. The summed E-state index contributed by atoms with van der Waals surface area (Å²) < 4.78 is 44.3. The second-order valence-electron chi connectivity index (χ2n) is 7.54. The van der Waals surface area contributed by atoms with Gasteiger partial charge >= 0.3 is 0 Å². The molecule has 31 heavy (non-hydrogen) atoms. The van der Waals surface area contributed by atoms with Gasteiger partial charge in [-0.15, -0.1) is 0 Å². The van der Waals surface area contributed by atoms with Gasteiger partial charge in [-0.05, 0) is 49.7 Å². The van der Waals surface area contributed by atoms with Crippen LogP contribution < -0.4 is 19.8 Å². The molecule has 164 valence electrons. The van der Waals surface area contributed by atoms with Crippen molar-refractivity contribution in [3.05, 3.63) is 82.3 Å². The van der Waals surface area contributed by atoms with E-state index in [0.717, 1.165) is 12.1 Å². The Labute approximate surface area is 178 Å². The molecule has 0 fully saturated rings. The summed E-state index contributed by atoms with van der Waals surface area (Å²) in [6.45, 7) is 3.28. The van der Waals surface area contributed by atoms with Crippen LogP contribution in [-0.4, -0.2) is 29.0 Å². The zero-order chi connectivity index (χ0) is 22.6. The molecule has 0 aliphatic rings. The first-order chi connectivity index (χ1) is 14.7. The molecular weight excluding hydrogens is 408 g/mol. The second-order valence-corrected chi connectivity index (χ2v) is 7.54. The van der Waals surface area contributed by atoms with E-state index in [1.807, 2.05) is 0 Å². The molecule has 0 spiro atoms. The van der Waals surface area contributed by atoms with E-state index in [4.69, 9.17) is 14.2 Å². The molecule has 6 nitrogen and oxygen atoms in total. The van der Waals surface area contributed by atoms with E-state index in [2.05, 4.69) is 0 Å². The zero-order valence-corrected chi connectivity index (χ0v) is 17.4. The summed E-state index contributed by atoms with van der Waals surface area (Å²) in [5.74, 6) is -0.760. The Kier molecular flexibility index (Phi) is 6.60. The Bertz CT molecular complexity index is 1120. The van der Waals surface area contributed by atoms with Gasteiger partial charge in [-0.25, -0.2) is 8.78 Å². The maximum absolute atomic E-state index is 13.7. The van der Waals surface area contributed by atoms with Crippen molar-refractivity contribution in [2.45, 2.75) is 26.1 Å². The summed E-state index contributed by atoms with van der Waals surface area (Å²) in [6, 6.07) is 11.0. The number of aromatic nitrogens is 1. The smallest absolute Gasteiger partial charge is 0.255 e. The normalized spacial score (nSPS) is 11.3. The third kappa shape index (κ3) is 5.82. The first-order valence-corrected chi connectivity index (χ1v) is 9.49. The van der Waals surface area contributed by atoms with Gasteiger partial charge < -0.3 is 19.3 Å². The summed E-state index contributed by atoms with van der Waals surface area (Å²) in [7, 11) is 1.48. The lowest BCUT2D eigenvalue weighted by atomic mass is 10.2. The third-order valence-corrected chi connectivity index (χ3v) is 4.28. The van der Waals surface area contributed by atoms with Gasteiger partial charge in [0.2, 0.25) is 0 Å². The van der Waals surface area contributed by atoms with Crippen LogP contribution in [0.2, 0.25) is 0 Å². The molecule has 0 aliphatic heterocycles. The van der Waals surface area contributed by atoms with Crippen LogP contribution in [0.1, 0.15) is 19.4 Å². The Morgan fingerprint density at radius 1 is 0.968 bits per heavy atom. The first-order valence-electron chi connectivity index (χ1n) is 9.49. The second kappa shape index (κ2) is 9.18. The van der Waals surface area contributed by atoms with Gasteiger partial charge in [0.1, 0.15) is 19.0 Å². The molecule has 0 bridgehead atoms. The van der Waals surface area contributed by atoms with Crippen LogP contribution in [0.4, 0.5) is 8.78 Å². The van der Waals surface area contributed by atoms with Gasteiger partial charge in [0.25, 0.3) is 5.56 Å². The molecule has 0 atom stereocenters. The predicted molar refractivity (Wildman–Crippen MR) is 111 cm³/mol. The van der Waals surface area contributed by atoms with Crippen molar-refractivity contribution in [2.24, 2.45) is 0 Å². The lowest BCUT2D eigenvalue weighted by Gasteiger charge is -2.19. The summed E-state index contributed by atoms with van der Waals surface area (Å²) in [5, 5.41) is 9.82. The zero-order valence-electron chi connectivity index (χ0n) is 17.4. The quantitative estimate of drug-likeness (QED) is 0.587. The number of halogens is 2. The average molecular weight is 431 g/mol. The summed E-state index contributed by atoms with van der Waals surface area (Å²) in [6.07, 6.45) is 1.56.